The predicted molar refractivity (Wildman–Crippen MR) is 72.9 cm³/mol. The molecule has 2 N–H and O–H groups in total. The standard InChI is InChI=1S/C15H20F3NO2/c1-10-9-11(15(16,17)18)3-4-12(10)13(19)14(20-2)5-7-21-8-6-14/h3-4,9,13H,5-8,19H2,1-2H3. The minimum Gasteiger partial charge on any atom is -0.381 e. The Balaban J connectivity index is 2.32. The Labute approximate surface area is 122 Å². The molecule has 21 heavy (non-hydrogen) atoms. The normalized spacial score (nSPS) is 20.3. The minimum atomic E-state index is -4.34. The molecular weight excluding hydrogens is 283 g/mol. The fraction of sp³-hybridized carbons (Fsp3) is 0.600. The van der Waals surface area contributed by atoms with Crippen LogP contribution in [0.2, 0.25) is 0 Å². The number of methoxy groups -OCH3 is 1. The maximum atomic E-state index is 12.7. The van der Waals surface area contributed by atoms with Gasteiger partial charge in [-0.05, 0) is 30.2 Å². The van der Waals surface area contributed by atoms with Crippen molar-refractivity contribution in [3.05, 3.63) is 34.9 Å². The van der Waals surface area contributed by atoms with Crippen molar-refractivity contribution in [2.75, 3.05) is 20.3 Å². The molecule has 3 nitrogen and oxygen atoms in total. The lowest BCUT2D eigenvalue weighted by molar-refractivity contribution is -0.137. The molecule has 0 spiro atoms. The molecule has 1 saturated heterocycles. The van der Waals surface area contributed by atoms with E-state index in [1.165, 1.54) is 6.07 Å². The van der Waals surface area contributed by atoms with Crippen LogP contribution in [-0.2, 0) is 15.7 Å². The van der Waals surface area contributed by atoms with Crippen molar-refractivity contribution in [3.8, 4) is 0 Å². The van der Waals surface area contributed by atoms with Crippen LogP contribution in [0.5, 0.6) is 0 Å². The summed E-state index contributed by atoms with van der Waals surface area (Å²) in [4.78, 5) is 0. The molecule has 0 aliphatic carbocycles. The third kappa shape index (κ3) is 3.22. The summed E-state index contributed by atoms with van der Waals surface area (Å²) in [6.07, 6.45) is -3.08. The largest absolute Gasteiger partial charge is 0.416 e. The van der Waals surface area contributed by atoms with Crippen LogP contribution in [0.25, 0.3) is 0 Å². The van der Waals surface area contributed by atoms with Gasteiger partial charge in [0, 0.05) is 33.2 Å². The van der Waals surface area contributed by atoms with Crippen LogP contribution in [0.1, 0.15) is 35.6 Å². The van der Waals surface area contributed by atoms with Gasteiger partial charge in [-0.3, -0.25) is 0 Å². The number of benzene rings is 1. The Morgan fingerprint density at radius 3 is 2.38 bits per heavy atom. The third-order valence-corrected chi connectivity index (χ3v) is 4.24. The number of halogens is 3. The first-order chi connectivity index (χ1) is 9.80. The lowest BCUT2D eigenvalue weighted by atomic mass is 9.81. The smallest absolute Gasteiger partial charge is 0.381 e. The average Bonchev–Trinajstić information content (AvgIpc) is 2.46. The van der Waals surface area contributed by atoms with E-state index < -0.39 is 23.4 Å². The Bertz CT molecular complexity index is 496. The van der Waals surface area contributed by atoms with Gasteiger partial charge in [0.15, 0.2) is 0 Å². The molecule has 1 heterocycles. The molecule has 1 aliphatic heterocycles. The molecule has 2 rings (SSSR count). The van der Waals surface area contributed by atoms with Crippen LogP contribution < -0.4 is 5.73 Å². The molecule has 1 fully saturated rings. The van der Waals surface area contributed by atoms with Gasteiger partial charge in [-0.2, -0.15) is 13.2 Å². The summed E-state index contributed by atoms with van der Waals surface area (Å²) in [6.45, 7) is 2.73. The number of ether oxygens (including phenoxy) is 2. The maximum absolute atomic E-state index is 12.7. The second kappa shape index (κ2) is 5.94. The van der Waals surface area contributed by atoms with Gasteiger partial charge in [-0.25, -0.2) is 0 Å². The molecule has 0 bridgehead atoms. The molecule has 1 aliphatic rings. The summed E-state index contributed by atoms with van der Waals surface area (Å²) >= 11 is 0. The van der Waals surface area contributed by atoms with Crippen LogP contribution >= 0.6 is 0 Å². The van der Waals surface area contributed by atoms with Gasteiger partial charge in [-0.1, -0.05) is 6.07 Å². The molecule has 0 saturated carbocycles. The zero-order valence-electron chi connectivity index (χ0n) is 12.2. The van der Waals surface area contributed by atoms with E-state index in [2.05, 4.69) is 0 Å². The molecule has 0 radical (unpaired) electrons. The van der Waals surface area contributed by atoms with Gasteiger partial charge in [0.05, 0.1) is 17.2 Å². The first-order valence-corrected chi connectivity index (χ1v) is 6.86. The Morgan fingerprint density at radius 2 is 1.90 bits per heavy atom. The summed E-state index contributed by atoms with van der Waals surface area (Å²) in [5.74, 6) is 0. The molecule has 1 aromatic rings. The van der Waals surface area contributed by atoms with Gasteiger partial charge in [0.25, 0.3) is 0 Å². The van der Waals surface area contributed by atoms with Crippen LogP contribution in [0.3, 0.4) is 0 Å². The fourth-order valence-corrected chi connectivity index (χ4v) is 2.84. The van der Waals surface area contributed by atoms with Crippen molar-refractivity contribution in [1.29, 1.82) is 0 Å². The summed E-state index contributed by atoms with van der Waals surface area (Å²) in [5, 5.41) is 0. The highest BCUT2D eigenvalue weighted by Gasteiger charge is 2.40. The van der Waals surface area contributed by atoms with Gasteiger partial charge in [0.1, 0.15) is 0 Å². The van der Waals surface area contributed by atoms with E-state index in [-0.39, 0.29) is 0 Å². The van der Waals surface area contributed by atoms with Crippen LogP contribution in [0.15, 0.2) is 18.2 Å². The molecule has 0 aromatic heterocycles. The quantitative estimate of drug-likeness (QED) is 0.932. The summed E-state index contributed by atoms with van der Waals surface area (Å²) in [6, 6.07) is 3.19. The molecule has 0 amide bonds. The first-order valence-electron chi connectivity index (χ1n) is 6.86. The Hall–Kier alpha value is -1.11. The number of alkyl halides is 3. The molecule has 118 valence electrons. The topological polar surface area (TPSA) is 44.5 Å². The van der Waals surface area contributed by atoms with E-state index in [4.69, 9.17) is 15.2 Å². The van der Waals surface area contributed by atoms with E-state index in [1.807, 2.05) is 0 Å². The van der Waals surface area contributed by atoms with E-state index in [0.29, 0.717) is 37.2 Å². The average molecular weight is 303 g/mol. The molecule has 6 heteroatoms. The third-order valence-electron chi connectivity index (χ3n) is 4.24. The number of aryl methyl sites for hydroxylation is 1. The number of rotatable bonds is 3. The van der Waals surface area contributed by atoms with Crippen molar-refractivity contribution < 1.29 is 22.6 Å². The zero-order chi connectivity index (χ0) is 15.7. The Kier molecular flexibility index (Phi) is 4.60. The first kappa shape index (κ1) is 16.3. The minimum absolute atomic E-state index is 0.478. The zero-order valence-corrected chi connectivity index (χ0v) is 12.2. The van der Waals surface area contributed by atoms with E-state index in [9.17, 15) is 13.2 Å². The fourth-order valence-electron chi connectivity index (χ4n) is 2.84. The van der Waals surface area contributed by atoms with Gasteiger partial charge in [0.2, 0.25) is 0 Å². The number of nitrogens with two attached hydrogens (primary N) is 1. The maximum Gasteiger partial charge on any atom is 0.416 e. The number of hydrogen-bond donors (Lipinski definition) is 1. The monoisotopic (exact) mass is 303 g/mol. The van der Waals surface area contributed by atoms with E-state index in [0.717, 1.165) is 12.1 Å². The van der Waals surface area contributed by atoms with Gasteiger partial charge in [-0.15, -0.1) is 0 Å². The Morgan fingerprint density at radius 1 is 1.29 bits per heavy atom. The highest BCUT2D eigenvalue weighted by Crippen LogP contribution is 2.38. The lowest BCUT2D eigenvalue weighted by Crippen LogP contribution is -2.47. The molecule has 1 unspecified atom stereocenters. The summed E-state index contributed by atoms with van der Waals surface area (Å²) in [7, 11) is 1.59. The van der Waals surface area contributed by atoms with Crippen LogP contribution in [0.4, 0.5) is 13.2 Å². The van der Waals surface area contributed by atoms with E-state index in [1.54, 1.807) is 14.0 Å². The summed E-state index contributed by atoms with van der Waals surface area (Å²) in [5.41, 5.74) is 6.29. The van der Waals surface area contributed by atoms with Crippen molar-refractivity contribution >= 4 is 0 Å². The van der Waals surface area contributed by atoms with Crippen molar-refractivity contribution in [2.45, 2.75) is 37.6 Å². The lowest BCUT2D eigenvalue weighted by Gasteiger charge is -2.41. The summed E-state index contributed by atoms with van der Waals surface area (Å²) < 4.78 is 49.1. The second-order valence-corrected chi connectivity index (χ2v) is 5.43. The highest BCUT2D eigenvalue weighted by molar-refractivity contribution is 5.36. The van der Waals surface area contributed by atoms with Crippen molar-refractivity contribution in [1.82, 2.24) is 0 Å². The molecular formula is C15H20F3NO2. The SMILES string of the molecule is COC1(C(N)c2ccc(C(F)(F)F)cc2C)CCOCC1. The van der Waals surface area contributed by atoms with E-state index >= 15 is 0 Å². The second-order valence-electron chi connectivity index (χ2n) is 5.43. The van der Waals surface area contributed by atoms with Crippen LogP contribution in [0, 0.1) is 6.92 Å². The van der Waals surface area contributed by atoms with Crippen molar-refractivity contribution in [3.63, 3.8) is 0 Å². The molecule has 1 aromatic carbocycles. The molecule has 1 atom stereocenters. The number of hydrogen-bond acceptors (Lipinski definition) is 3. The van der Waals surface area contributed by atoms with Gasteiger partial charge >= 0.3 is 6.18 Å². The predicted octanol–water partition coefficient (Wildman–Crippen LogP) is 3.21. The highest BCUT2D eigenvalue weighted by atomic mass is 19.4. The van der Waals surface area contributed by atoms with Gasteiger partial charge < -0.3 is 15.2 Å². The van der Waals surface area contributed by atoms with Crippen molar-refractivity contribution in [2.24, 2.45) is 5.73 Å². The van der Waals surface area contributed by atoms with Crippen LogP contribution in [-0.4, -0.2) is 25.9 Å².